The number of nitrogens with two attached hydrogens (primary N) is 1. The minimum Gasteiger partial charge on any atom is -1.00 e. The standard InChI is InChI=1S/C9H9NS.ClH/c10-5-7-6-11-9-4-2-1-3-8(7)9;/h1-4,6H,5,10H2;1H/p-1. The average Bonchev–Trinajstić information content (AvgIpc) is 2.47. The molecular weight excluding hydrogens is 190 g/mol. The summed E-state index contributed by atoms with van der Waals surface area (Å²) in [7, 11) is 0. The van der Waals surface area contributed by atoms with Crippen molar-refractivity contribution in [1.82, 2.24) is 0 Å². The van der Waals surface area contributed by atoms with Crippen molar-refractivity contribution in [3.63, 3.8) is 0 Å². The largest absolute Gasteiger partial charge is 1.00 e. The lowest BCUT2D eigenvalue weighted by Crippen LogP contribution is -3.00. The number of fused-ring (bicyclic) bond motifs is 1. The zero-order valence-corrected chi connectivity index (χ0v) is 8.03. The van der Waals surface area contributed by atoms with Crippen molar-refractivity contribution >= 4 is 21.4 Å². The molecule has 1 nitrogen and oxygen atoms in total. The molecule has 2 aromatic rings. The zero-order chi connectivity index (χ0) is 7.68. The van der Waals surface area contributed by atoms with Crippen molar-refractivity contribution < 1.29 is 12.4 Å². The maximum atomic E-state index is 5.57. The van der Waals surface area contributed by atoms with Gasteiger partial charge in [0.15, 0.2) is 0 Å². The number of rotatable bonds is 1. The van der Waals surface area contributed by atoms with Gasteiger partial charge in [0, 0.05) is 11.2 Å². The first-order valence-corrected chi connectivity index (χ1v) is 4.45. The van der Waals surface area contributed by atoms with Gasteiger partial charge in [0.05, 0.1) is 0 Å². The van der Waals surface area contributed by atoms with Gasteiger partial charge in [0.25, 0.3) is 0 Å². The van der Waals surface area contributed by atoms with Crippen LogP contribution in [-0.4, -0.2) is 0 Å². The van der Waals surface area contributed by atoms with Gasteiger partial charge in [-0.15, -0.1) is 11.3 Å². The Kier molecular flexibility index (Phi) is 3.09. The summed E-state index contributed by atoms with van der Waals surface area (Å²) in [6.07, 6.45) is 0. The van der Waals surface area contributed by atoms with Crippen molar-refractivity contribution in [3.8, 4) is 0 Å². The van der Waals surface area contributed by atoms with E-state index in [9.17, 15) is 0 Å². The molecule has 0 aliphatic carbocycles. The van der Waals surface area contributed by atoms with E-state index in [1.54, 1.807) is 11.3 Å². The van der Waals surface area contributed by atoms with Gasteiger partial charge in [-0.3, -0.25) is 0 Å². The molecule has 0 unspecified atom stereocenters. The topological polar surface area (TPSA) is 26.0 Å². The third kappa shape index (κ3) is 1.46. The maximum absolute atomic E-state index is 5.57. The Balaban J connectivity index is 0.000000720. The number of hydrogen-bond acceptors (Lipinski definition) is 2. The van der Waals surface area contributed by atoms with E-state index in [4.69, 9.17) is 5.73 Å². The Bertz CT molecular complexity index is 369. The molecule has 0 saturated heterocycles. The van der Waals surface area contributed by atoms with Gasteiger partial charge in [-0.05, 0) is 22.4 Å². The highest BCUT2D eigenvalue weighted by atomic mass is 35.5. The monoisotopic (exact) mass is 198 g/mol. The molecule has 0 radical (unpaired) electrons. The van der Waals surface area contributed by atoms with E-state index >= 15 is 0 Å². The summed E-state index contributed by atoms with van der Waals surface area (Å²) < 4.78 is 1.33. The predicted molar refractivity (Wildman–Crippen MR) is 49.7 cm³/mol. The molecule has 3 heteroatoms. The Morgan fingerprint density at radius 1 is 1.25 bits per heavy atom. The average molecular weight is 199 g/mol. The van der Waals surface area contributed by atoms with Crippen molar-refractivity contribution in [3.05, 3.63) is 35.2 Å². The molecule has 0 atom stereocenters. The van der Waals surface area contributed by atoms with E-state index < -0.39 is 0 Å². The lowest BCUT2D eigenvalue weighted by molar-refractivity contribution is -0.00000214. The highest BCUT2D eigenvalue weighted by Crippen LogP contribution is 2.24. The molecule has 1 aromatic carbocycles. The summed E-state index contributed by atoms with van der Waals surface area (Å²) in [5.41, 5.74) is 6.82. The molecule has 0 aliphatic rings. The van der Waals surface area contributed by atoms with E-state index in [-0.39, 0.29) is 12.4 Å². The summed E-state index contributed by atoms with van der Waals surface area (Å²) in [6, 6.07) is 8.35. The van der Waals surface area contributed by atoms with E-state index in [1.165, 1.54) is 15.6 Å². The summed E-state index contributed by atoms with van der Waals surface area (Å²) >= 11 is 1.76. The minimum absolute atomic E-state index is 0. The van der Waals surface area contributed by atoms with Gasteiger partial charge in [0.1, 0.15) is 0 Å². The van der Waals surface area contributed by atoms with Crippen LogP contribution >= 0.6 is 11.3 Å². The van der Waals surface area contributed by atoms with Crippen LogP contribution in [0.4, 0.5) is 0 Å². The number of hydrogen-bond donors (Lipinski definition) is 1. The second-order valence-corrected chi connectivity index (χ2v) is 3.37. The number of thiophene rings is 1. The highest BCUT2D eigenvalue weighted by molar-refractivity contribution is 7.17. The quantitative estimate of drug-likeness (QED) is 0.649. The smallest absolute Gasteiger partial charge is 0.0346 e. The van der Waals surface area contributed by atoms with Crippen LogP contribution in [0.5, 0.6) is 0 Å². The third-order valence-corrected chi connectivity index (χ3v) is 2.79. The molecule has 1 heterocycles. The highest BCUT2D eigenvalue weighted by Gasteiger charge is 1.98. The van der Waals surface area contributed by atoms with Crippen LogP contribution in [0.1, 0.15) is 5.56 Å². The molecule has 12 heavy (non-hydrogen) atoms. The second-order valence-electron chi connectivity index (χ2n) is 2.46. The summed E-state index contributed by atoms with van der Waals surface area (Å²) in [5.74, 6) is 0. The SMILES string of the molecule is NCc1csc2ccccc12.[Cl-]. The molecule has 0 amide bonds. The normalized spacial score (nSPS) is 9.75. The van der Waals surface area contributed by atoms with Gasteiger partial charge in [-0.1, -0.05) is 18.2 Å². The van der Waals surface area contributed by atoms with Gasteiger partial charge in [-0.25, -0.2) is 0 Å². The molecule has 0 fully saturated rings. The van der Waals surface area contributed by atoms with Crippen molar-refractivity contribution in [1.29, 1.82) is 0 Å². The first-order chi connectivity index (χ1) is 5.42. The van der Waals surface area contributed by atoms with Crippen molar-refractivity contribution in [2.45, 2.75) is 6.54 Å². The number of halogens is 1. The summed E-state index contributed by atoms with van der Waals surface area (Å²) in [4.78, 5) is 0. The molecule has 0 saturated carbocycles. The molecule has 1 aromatic heterocycles. The second kappa shape index (κ2) is 3.90. The summed E-state index contributed by atoms with van der Waals surface area (Å²) in [6.45, 7) is 0.643. The number of benzene rings is 1. The van der Waals surface area contributed by atoms with Gasteiger partial charge in [0.2, 0.25) is 0 Å². The van der Waals surface area contributed by atoms with Crippen LogP contribution in [0.2, 0.25) is 0 Å². The molecule has 0 aliphatic heterocycles. The predicted octanol–water partition coefficient (Wildman–Crippen LogP) is -0.636. The van der Waals surface area contributed by atoms with Crippen LogP contribution < -0.4 is 18.1 Å². The molecule has 2 rings (SSSR count). The fourth-order valence-electron chi connectivity index (χ4n) is 1.19. The molecule has 0 bridgehead atoms. The molecule has 64 valence electrons. The van der Waals surface area contributed by atoms with E-state index in [0.717, 1.165) is 0 Å². The molecule has 0 spiro atoms. The summed E-state index contributed by atoms with van der Waals surface area (Å²) in [5, 5.41) is 3.44. The van der Waals surface area contributed by atoms with E-state index in [1.807, 2.05) is 6.07 Å². The van der Waals surface area contributed by atoms with E-state index in [2.05, 4.69) is 23.6 Å². The first-order valence-electron chi connectivity index (χ1n) is 3.57. The van der Waals surface area contributed by atoms with Crippen LogP contribution in [-0.2, 0) is 6.54 Å². The first kappa shape index (κ1) is 9.52. The zero-order valence-electron chi connectivity index (χ0n) is 6.46. The van der Waals surface area contributed by atoms with Gasteiger partial charge in [-0.2, -0.15) is 0 Å². The lowest BCUT2D eigenvalue weighted by atomic mass is 10.2. The van der Waals surface area contributed by atoms with Crippen molar-refractivity contribution in [2.24, 2.45) is 5.73 Å². The van der Waals surface area contributed by atoms with E-state index in [0.29, 0.717) is 6.54 Å². The molecular formula is C9H9ClNS-. The van der Waals surface area contributed by atoms with Gasteiger partial charge >= 0.3 is 0 Å². The Labute approximate surface area is 81.6 Å². The van der Waals surface area contributed by atoms with Crippen LogP contribution in [0.15, 0.2) is 29.6 Å². The maximum Gasteiger partial charge on any atom is 0.0346 e. The van der Waals surface area contributed by atoms with Crippen molar-refractivity contribution in [2.75, 3.05) is 0 Å². The minimum atomic E-state index is 0. The Hall–Kier alpha value is -0.570. The Morgan fingerprint density at radius 2 is 2.00 bits per heavy atom. The fraction of sp³-hybridized carbons (Fsp3) is 0.111. The Morgan fingerprint density at radius 3 is 2.75 bits per heavy atom. The van der Waals surface area contributed by atoms with Crippen LogP contribution in [0.25, 0.3) is 10.1 Å². The fourth-order valence-corrected chi connectivity index (χ4v) is 2.17. The van der Waals surface area contributed by atoms with Crippen LogP contribution in [0, 0.1) is 0 Å². The lowest BCUT2D eigenvalue weighted by Gasteiger charge is -1.91. The van der Waals surface area contributed by atoms with Gasteiger partial charge < -0.3 is 18.1 Å². The van der Waals surface area contributed by atoms with Crippen LogP contribution in [0.3, 0.4) is 0 Å². The molecule has 2 N–H and O–H groups in total. The third-order valence-electron chi connectivity index (χ3n) is 1.78.